The monoisotopic (exact) mass is 286 g/mol. The van der Waals surface area contributed by atoms with Gasteiger partial charge in [-0.05, 0) is 39.0 Å². The Morgan fingerprint density at radius 3 is 2.38 bits per heavy atom. The Morgan fingerprint density at radius 2 is 1.76 bits per heavy atom. The van der Waals surface area contributed by atoms with Crippen LogP contribution in [0.3, 0.4) is 0 Å². The molecule has 5 heteroatoms. The molecular formula is C16H18N2O3. The molecule has 2 aromatic rings. The van der Waals surface area contributed by atoms with Gasteiger partial charge in [-0.25, -0.2) is 4.98 Å². The van der Waals surface area contributed by atoms with Crippen LogP contribution in [0.25, 0.3) is 0 Å². The maximum Gasteiger partial charge on any atom is 0.213 e. The summed E-state index contributed by atoms with van der Waals surface area (Å²) in [5.41, 5.74) is 1.58. The van der Waals surface area contributed by atoms with E-state index in [4.69, 9.17) is 9.47 Å². The van der Waals surface area contributed by atoms with E-state index < -0.39 is 0 Å². The summed E-state index contributed by atoms with van der Waals surface area (Å²) in [6.45, 7) is 6.65. The third-order valence-corrected chi connectivity index (χ3v) is 2.82. The summed E-state index contributed by atoms with van der Waals surface area (Å²) in [5, 5.41) is 0. The van der Waals surface area contributed by atoms with Gasteiger partial charge < -0.3 is 9.47 Å². The molecule has 21 heavy (non-hydrogen) atoms. The Kier molecular flexibility index (Phi) is 4.87. The van der Waals surface area contributed by atoms with Gasteiger partial charge in [0.25, 0.3) is 0 Å². The lowest BCUT2D eigenvalue weighted by molar-refractivity contribution is 0.103. The molecule has 0 spiro atoms. The van der Waals surface area contributed by atoms with Crippen molar-refractivity contribution in [3.8, 4) is 11.5 Å². The second-order valence-electron chi connectivity index (χ2n) is 4.40. The lowest BCUT2D eigenvalue weighted by atomic mass is 10.1. The van der Waals surface area contributed by atoms with Gasteiger partial charge in [0.05, 0.1) is 25.1 Å². The van der Waals surface area contributed by atoms with Crippen molar-refractivity contribution in [2.45, 2.75) is 20.8 Å². The van der Waals surface area contributed by atoms with Crippen molar-refractivity contribution in [1.29, 1.82) is 0 Å². The van der Waals surface area contributed by atoms with Crippen LogP contribution < -0.4 is 9.47 Å². The number of carbonyl (C=O) groups excluding carboxylic acids is 1. The number of hydrogen-bond donors (Lipinski definition) is 0. The van der Waals surface area contributed by atoms with E-state index in [2.05, 4.69) is 9.97 Å². The number of benzene rings is 1. The lowest BCUT2D eigenvalue weighted by Crippen LogP contribution is -2.06. The predicted molar refractivity (Wildman–Crippen MR) is 79.0 cm³/mol. The van der Waals surface area contributed by atoms with Gasteiger partial charge in [-0.1, -0.05) is 0 Å². The molecule has 0 unspecified atom stereocenters. The van der Waals surface area contributed by atoms with Crippen LogP contribution >= 0.6 is 0 Å². The summed E-state index contributed by atoms with van der Waals surface area (Å²) in [6.07, 6.45) is 3.06. The molecular weight excluding hydrogens is 268 g/mol. The van der Waals surface area contributed by atoms with Gasteiger partial charge in [0.2, 0.25) is 5.78 Å². The van der Waals surface area contributed by atoms with Gasteiger partial charge >= 0.3 is 0 Å². The molecule has 0 aliphatic rings. The molecule has 5 nitrogen and oxygen atoms in total. The minimum atomic E-state index is -0.188. The summed E-state index contributed by atoms with van der Waals surface area (Å²) in [7, 11) is 0. The number of aryl methyl sites for hydroxylation is 1. The van der Waals surface area contributed by atoms with E-state index >= 15 is 0 Å². The normalized spacial score (nSPS) is 10.2. The van der Waals surface area contributed by atoms with E-state index in [1.807, 2.05) is 20.8 Å². The number of rotatable bonds is 6. The fourth-order valence-corrected chi connectivity index (χ4v) is 1.85. The minimum absolute atomic E-state index is 0.188. The standard InChI is InChI=1S/C16H18N2O3/c1-4-20-14-7-6-12(8-15(14)21-5-2)16(19)13-10-17-11(3)9-18-13/h6-10H,4-5H2,1-3H3. The van der Waals surface area contributed by atoms with Crippen LogP contribution in [0.2, 0.25) is 0 Å². The Bertz CT molecular complexity index is 624. The molecule has 0 fully saturated rings. The first kappa shape index (κ1) is 15.0. The summed E-state index contributed by atoms with van der Waals surface area (Å²) >= 11 is 0. The zero-order valence-electron chi connectivity index (χ0n) is 12.4. The largest absolute Gasteiger partial charge is 0.490 e. The molecule has 0 atom stereocenters. The first-order valence-corrected chi connectivity index (χ1v) is 6.88. The molecule has 2 rings (SSSR count). The highest BCUT2D eigenvalue weighted by atomic mass is 16.5. The molecule has 110 valence electrons. The van der Waals surface area contributed by atoms with E-state index in [1.165, 1.54) is 6.20 Å². The minimum Gasteiger partial charge on any atom is -0.490 e. The molecule has 1 aromatic heterocycles. The van der Waals surface area contributed by atoms with E-state index in [0.717, 1.165) is 5.69 Å². The smallest absolute Gasteiger partial charge is 0.213 e. The highest BCUT2D eigenvalue weighted by molar-refractivity contribution is 6.07. The molecule has 0 amide bonds. The molecule has 0 aliphatic heterocycles. The van der Waals surface area contributed by atoms with Crippen molar-refractivity contribution in [2.75, 3.05) is 13.2 Å². The quantitative estimate of drug-likeness (QED) is 0.764. The SMILES string of the molecule is CCOc1ccc(C(=O)c2cnc(C)cn2)cc1OCC. The van der Waals surface area contributed by atoms with E-state index in [1.54, 1.807) is 24.4 Å². The molecule has 0 saturated heterocycles. The highest BCUT2D eigenvalue weighted by Gasteiger charge is 2.14. The number of hydrogen-bond acceptors (Lipinski definition) is 5. The van der Waals surface area contributed by atoms with Crippen LogP contribution in [0.1, 0.15) is 35.6 Å². The number of carbonyl (C=O) groups is 1. The zero-order chi connectivity index (χ0) is 15.2. The maximum absolute atomic E-state index is 12.4. The van der Waals surface area contributed by atoms with Crippen LogP contribution in [0.15, 0.2) is 30.6 Å². The Morgan fingerprint density at radius 1 is 1.05 bits per heavy atom. The van der Waals surface area contributed by atoms with E-state index in [0.29, 0.717) is 36.0 Å². The zero-order valence-corrected chi connectivity index (χ0v) is 12.4. The third kappa shape index (κ3) is 3.56. The van der Waals surface area contributed by atoms with Gasteiger partial charge in [0.1, 0.15) is 5.69 Å². The molecule has 1 aromatic carbocycles. The summed E-state index contributed by atoms with van der Waals surface area (Å²) in [5.74, 6) is 1.00. The topological polar surface area (TPSA) is 61.3 Å². The van der Waals surface area contributed by atoms with Gasteiger partial charge in [0.15, 0.2) is 11.5 Å². The lowest BCUT2D eigenvalue weighted by Gasteiger charge is -2.11. The fourth-order valence-electron chi connectivity index (χ4n) is 1.85. The maximum atomic E-state index is 12.4. The van der Waals surface area contributed by atoms with Crippen molar-refractivity contribution in [3.63, 3.8) is 0 Å². The molecule has 0 bridgehead atoms. The van der Waals surface area contributed by atoms with Crippen LogP contribution in [0.4, 0.5) is 0 Å². The van der Waals surface area contributed by atoms with Crippen molar-refractivity contribution in [1.82, 2.24) is 9.97 Å². The number of nitrogens with zero attached hydrogens (tertiary/aromatic N) is 2. The Balaban J connectivity index is 2.32. The first-order chi connectivity index (χ1) is 10.2. The van der Waals surface area contributed by atoms with Gasteiger partial charge in [-0.2, -0.15) is 0 Å². The van der Waals surface area contributed by atoms with E-state index in [-0.39, 0.29) is 5.78 Å². The second kappa shape index (κ2) is 6.83. The van der Waals surface area contributed by atoms with Crippen LogP contribution in [0.5, 0.6) is 11.5 Å². The summed E-state index contributed by atoms with van der Waals surface area (Å²) < 4.78 is 11.0. The highest BCUT2D eigenvalue weighted by Crippen LogP contribution is 2.29. The van der Waals surface area contributed by atoms with Crippen LogP contribution in [-0.4, -0.2) is 29.0 Å². The summed E-state index contributed by atoms with van der Waals surface area (Å²) in [4.78, 5) is 20.6. The van der Waals surface area contributed by atoms with Crippen molar-refractivity contribution in [2.24, 2.45) is 0 Å². The van der Waals surface area contributed by atoms with Crippen molar-refractivity contribution < 1.29 is 14.3 Å². The Hall–Kier alpha value is -2.43. The molecule has 0 aliphatic carbocycles. The Labute approximate surface area is 124 Å². The van der Waals surface area contributed by atoms with Gasteiger partial charge in [0, 0.05) is 11.8 Å². The molecule has 0 N–H and O–H groups in total. The molecule has 1 heterocycles. The molecule has 0 radical (unpaired) electrons. The fraction of sp³-hybridized carbons (Fsp3) is 0.312. The average Bonchev–Trinajstić information content (AvgIpc) is 2.49. The average molecular weight is 286 g/mol. The summed E-state index contributed by atoms with van der Waals surface area (Å²) in [6, 6.07) is 5.12. The van der Waals surface area contributed by atoms with E-state index in [9.17, 15) is 4.79 Å². The molecule has 0 saturated carbocycles. The van der Waals surface area contributed by atoms with Gasteiger partial charge in [-0.3, -0.25) is 9.78 Å². The number of ether oxygens (including phenoxy) is 2. The van der Waals surface area contributed by atoms with Crippen LogP contribution in [0, 0.1) is 6.92 Å². The van der Waals surface area contributed by atoms with Gasteiger partial charge in [-0.15, -0.1) is 0 Å². The van der Waals surface area contributed by atoms with Crippen LogP contribution in [-0.2, 0) is 0 Å². The second-order valence-corrected chi connectivity index (χ2v) is 4.40. The van der Waals surface area contributed by atoms with Crippen molar-refractivity contribution in [3.05, 3.63) is 47.5 Å². The number of aromatic nitrogens is 2. The third-order valence-electron chi connectivity index (χ3n) is 2.82. The van der Waals surface area contributed by atoms with Crippen molar-refractivity contribution >= 4 is 5.78 Å². The first-order valence-electron chi connectivity index (χ1n) is 6.88. The number of ketones is 1. The predicted octanol–water partition coefficient (Wildman–Crippen LogP) is 2.81.